The van der Waals surface area contributed by atoms with Crippen LogP contribution in [0.3, 0.4) is 0 Å². The maximum atomic E-state index is 5.97. The molecular formula is C15H16BrNO3. The highest BCUT2D eigenvalue weighted by Crippen LogP contribution is 2.41. The fourth-order valence-corrected chi connectivity index (χ4v) is 2.37. The van der Waals surface area contributed by atoms with Crippen LogP contribution in [-0.2, 0) is 6.54 Å². The normalized spacial score (nSPS) is 10.2. The second-order valence-electron chi connectivity index (χ2n) is 4.01. The molecule has 0 unspecified atom stereocenters. The monoisotopic (exact) mass is 337 g/mol. The first-order valence-electron chi connectivity index (χ1n) is 6.07. The standard InChI is InChI=1S/C15H16BrNO3/c1-18-13-7-4-8-14(19-2)15(13)20-12-6-3-5-11(16)10(12)9-17/h3-8H,9,17H2,1-2H3. The molecule has 5 heteroatoms. The number of nitrogens with two attached hydrogens (primary N) is 1. The van der Waals surface area contributed by atoms with Crippen LogP contribution < -0.4 is 19.9 Å². The van der Waals surface area contributed by atoms with Crippen molar-refractivity contribution in [3.05, 3.63) is 46.4 Å². The van der Waals surface area contributed by atoms with E-state index in [9.17, 15) is 0 Å². The second kappa shape index (κ2) is 6.63. The first-order valence-corrected chi connectivity index (χ1v) is 6.86. The summed E-state index contributed by atoms with van der Waals surface area (Å²) in [6.45, 7) is 0.369. The predicted octanol–water partition coefficient (Wildman–Crippen LogP) is 3.72. The first kappa shape index (κ1) is 14.7. The molecule has 0 saturated heterocycles. The van der Waals surface area contributed by atoms with Gasteiger partial charge in [-0.1, -0.05) is 28.1 Å². The summed E-state index contributed by atoms with van der Waals surface area (Å²) in [5.41, 5.74) is 6.66. The summed E-state index contributed by atoms with van der Waals surface area (Å²) in [6.07, 6.45) is 0. The van der Waals surface area contributed by atoms with Crippen LogP contribution >= 0.6 is 15.9 Å². The molecule has 0 aliphatic rings. The zero-order valence-electron chi connectivity index (χ0n) is 11.4. The third-order valence-electron chi connectivity index (χ3n) is 2.87. The average Bonchev–Trinajstić information content (AvgIpc) is 2.47. The number of halogens is 1. The van der Waals surface area contributed by atoms with Gasteiger partial charge >= 0.3 is 0 Å². The van der Waals surface area contributed by atoms with E-state index >= 15 is 0 Å². The molecule has 2 aromatic rings. The Morgan fingerprint density at radius 3 is 2.05 bits per heavy atom. The molecule has 0 atom stereocenters. The number of ether oxygens (including phenoxy) is 3. The number of para-hydroxylation sites is 1. The minimum atomic E-state index is 0.369. The van der Waals surface area contributed by atoms with Gasteiger partial charge in [0, 0.05) is 16.6 Å². The van der Waals surface area contributed by atoms with Crippen LogP contribution in [0.1, 0.15) is 5.56 Å². The van der Waals surface area contributed by atoms with E-state index < -0.39 is 0 Å². The van der Waals surface area contributed by atoms with Gasteiger partial charge in [0.1, 0.15) is 5.75 Å². The zero-order chi connectivity index (χ0) is 14.5. The van der Waals surface area contributed by atoms with E-state index in [-0.39, 0.29) is 0 Å². The van der Waals surface area contributed by atoms with Crippen molar-refractivity contribution in [3.8, 4) is 23.0 Å². The Morgan fingerprint density at radius 2 is 1.50 bits per heavy atom. The molecule has 0 bridgehead atoms. The Labute approximate surface area is 126 Å². The third-order valence-corrected chi connectivity index (χ3v) is 3.62. The Bertz CT molecular complexity index is 579. The third kappa shape index (κ3) is 2.89. The van der Waals surface area contributed by atoms with Crippen LogP contribution in [0.4, 0.5) is 0 Å². The highest BCUT2D eigenvalue weighted by molar-refractivity contribution is 9.10. The van der Waals surface area contributed by atoms with Crippen molar-refractivity contribution in [1.82, 2.24) is 0 Å². The van der Waals surface area contributed by atoms with Crippen molar-refractivity contribution >= 4 is 15.9 Å². The van der Waals surface area contributed by atoms with Crippen LogP contribution in [-0.4, -0.2) is 14.2 Å². The summed E-state index contributed by atoms with van der Waals surface area (Å²) in [6, 6.07) is 11.2. The fraction of sp³-hybridized carbons (Fsp3) is 0.200. The number of hydrogen-bond acceptors (Lipinski definition) is 4. The summed E-state index contributed by atoms with van der Waals surface area (Å²) in [4.78, 5) is 0. The highest BCUT2D eigenvalue weighted by Gasteiger charge is 2.15. The molecule has 0 heterocycles. The average molecular weight is 338 g/mol. The Balaban J connectivity index is 2.47. The van der Waals surface area contributed by atoms with Crippen LogP contribution in [0.5, 0.6) is 23.0 Å². The van der Waals surface area contributed by atoms with E-state index in [1.165, 1.54) is 0 Å². The molecule has 0 radical (unpaired) electrons. The molecule has 2 N–H and O–H groups in total. The lowest BCUT2D eigenvalue weighted by atomic mass is 10.2. The van der Waals surface area contributed by atoms with Gasteiger partial charge in [0.15, 0.2) is 11.5 Å². The quantitative estimate of drug-likeness (QED) is 0.903. The van der Waals surface area contributed by atoms with Gasteiger partial charge in [0.2, 0.25) is 5.75 Å². The molecule has 2 rings (SSSR count). The van der Waals surface area contributed by atoms with Gasteiger partial charge in [0.25, 0.3) is 0 Å². The molecule has 4 nitrogen and oxygen atoms in total. The maximum Gasteiger partial charge on any atom is 0.211 e. The molecule has 0 fully saturated rings. The molecule has 0 aliphatic carbocycles. The molecule has 20 heavy (non-hydrogen) atoms. The van der Waals surface area contributed by atoms with Crippen molar-refractivity contribution in [2.24, 2.45) is 5.73 Å². The van der Waals surface area contributed by atoms with E-state index in [4.69, 9.17) is 19.9 Å². The molecule has 0 spiro atoms. The Hall–Kier alpha value is -1.72. The SMILES string of the molecule is COc1cccc(OC)c1Oc1cccc(Br)c1CN. The van der Waals surface area contributed by atoms with E-state index in [2.05, 4.69) is 15.9 Å². The first-order chi connectivity index (χ1) is 9.71. The summed E-state index contributed by atoms with van der Waals surface area (Å²) in [7, 11) is 3.18. The van der Waals surface area contributed by atoms with E-state index in [1.807, 2.05) is 36.4 Å². The Kier molecular flexibility index (Phi) is 4.87. The Morgan fingerprint density at radius 1 is 0.950 bits per heavy atom. The molecular weight excluding hydrogens is 322 g/mol. The minimum absolute atomic E-state index is 0.369. The van der Waals surface area contributed by atoms with E-state index in [0.29, 0.717) is 29.5 Å². The smallest absolute Gasteiger partial charge is 0.211 e. The minimum Gasteiger partial charge on any atom is -0.493 e. The predicted molar refractivity (Wildman–Crippen MR) is 81.7 cm³/mol. The summed E-state index contributed by atoms with van der Waals surface area (Å²) < 4.78 is 17.5. The molecule has 0 aromatic heterocycles. The van der Waals surface area contributed by atoms with Gasteiger partial charge in [0.05, 0.1) is 14.2 Å². The largest absolute Gasteiger partial charge is 0.493 e. The maximum absolute atomic E-state index is 5.97. The second-order valence-corrected chi connectivity index (χ2v) is 4.87. The van der Waals surface area contributed by atoms with Crippen LogP contribution in [0, 0.1) is 0 Å². The molecule has 0 saturated carbocycles. The fourth-order valence-electron chi connectivity index (χ4n) is 1.86. The van der Waals surface area contributed by atoms with Gasteiger partial charge in [-0.15, -0.1) is 0 Å². The van der Waals surface area contributed by atoms with Crippen molar-refractivity contribution in [2.45, 2.75) is 6.54 Å². The van der Waals surface area contributed by atoms with Gasteiger partial charge in [-0.25, -0.2) is 0 Å². The van der Waals surface area contributed by atoms with Crippen molar-refractivity contribution in [2.75, 3.05) is 14.2 Å². The topological polar surface area (TPSA) is 53.7 Å². The van der Waals surface area contributed by atoms with Crippen LogP contribution in [0.15, 0.2) is 40.9 Å². The van der Waals surface area contributed by atoms with Crippen molar-refractivity contribution in [3.63, 3.8) is 0 Å². The van der Waals surface area contributed by atoms with Gasteiger partial charge in [-0.05, 0) is 24.3 Å². The number of hydrogen-bond donors (Lipinski definition) is 1. The lowest BCUT2D eigenvalue weighted by Crippen LogP contribution is -2.02. The van der Waals surface area contributed by atoms with Gasteiger partial charge in [-0.2, -0.15) is 0 Å². The van der Waals surface area contributed by atoms with Crippen LogP contribution in [0.25, 0.3) is 0 Å². The molecule has 106 valence electrons. The zero-order valence-corrected chi connectivity index (χ0v) is 12.9. The van der Waals surface area contributed by atoms with Gasteiger partial charge in [-0.3, -0.25) is 0 Å². The lowest BCUT2D eigenvalue weighted by Gasteiger charge is -2.16. The molecule has 0 amide bonds. The van der Waals surface area contributed by atoms with E-state index in [1.54, 1.807) is 14.2 Å². The number of benzene rings is 2. The summed E-state index contributed by atoms with van der Waals surface area (Å²) in [5.74, 6) is 2.41. The highest BCUT2D eigenvalue weighted by atomic mass is 79.9. The van der Waals surface area contributed by atoms with E-state index in [0.717, 1.165) is 10.0 Å². The van der Waals surface area contributed by atoms with Gasteiger partial charge < -0.3 is 19.9 Å². The van der Waals surface area contributed by atoms with Crippen molar-refractivity contribution < 1.29 is 14.2 Å². The van der Waals surface area contributed by atoms with Crippen molar-refractivity contribution in [1.29, 1.82) is 0 Å². The number of rotatable bonds is 5. The molecule has 2 aromatic carbocycles. The van der Waals surface area contributed by atoms with Crippen LogP contribution in [0.2, 0.25) is 0 Å². The summed E-state index contributed by atoms with van der Waals surface area (Å²) >= 11 is 3.47. The number of methoxy groups -OCH3 is 2. The molecule has 0 aliphatic heterocycles. The lowest BCUT2D eigenvalue weighted by molar-refractivity contribution is 0.345. The summed E-state index contributed by atoms with van der Waals surface area (Å²) in [5, 5.41) is 0.